The third kappa shape index (κ3) is 3.57. The van der Waals surface area contributed by atoms with Gasteiger partial charge in [-0.15, -0.1) is 0 Å². The van der Waals surface area contributed by atoms with E-state index in [1.54, 1.807) is 0 Å². The Hall–Kier alpha value is -0.820. The van der Waals surface area contributed by atoms with Crippen LogP contribution < -0.4 is 5.32 Å². The van der Waals surface area contributed by atoms with Gasteiger partial charge in [0.1, 0.15) is 0 Å². The summed E-state index contributed by atoms with van der Waals surface area (Å²) in [5, 5.41) is 3.37. The number of rotatable bonds is 4. The van der Waals surface area contributed by atoms with Crippen LogP contribution in [0.4, 0.5) is 0 Å². The molecular weight excluding hydrogens is 206 g/mol. The Labute approximate surface area is 106 Å². The van der Waals surface area contributed by atoms with Crippen LogP contribution in [0.25, 0.3) is 0 Å². The van der Waals surface area contributed by atoms with Crippen LogP contribution in [0.1, 0.15) is 31.7 Å². The summed E-state index contributed by atoms with van der Waals surface area (Å²) < 4.78 is 0. The number of nitrogens with one attached hydrogen (secondary N) is 1. The Balaban J connectivity index is 1.99. The topological polar surface area (TPSA) is 12.0 Å². The molecule has 1 saturated carbocycles. The van der Waals surface area contributed by atoms with Crippen molar-refractivity contribution < 1.29 is 0 Å². The number of hydrogen-bond acceptors (Lipinski definition) is 1. The first-order valence-corrected chi connectivity index (χ1v) is 6.98. The van der Waals surface area contributed by atoms with Gasteiger partial charge in [-0.1, -0.05) is 43.7 Å². The first-order valence-electron chi connectivity index (χ1n) is 6.98. The smallest absolute Gasteiger partial charge is 0.00208 e. The minimum absolute atomic E-state index is 0.869. The fourth-order valence-electron chi connectivity index (χ4n) is 3.26. The Kier molecular flexibility index (Phi) is 4.61. The van der Waals surface area contributed by atoms with Crippen molar-refractivity contribution in [1.82, 2.24) is 5.32 Å². The molecule has 0 bridgehead atoms. The zero-order valence-corrected chi connectivity index (χ0v) is 11.2. The van der Waals surface area contributed by atoms with Crippen LogP contribution in [0.2, 0.25) is 0 Å². The summed E-state index contributed by atoms with van der Waals surface area (Å²) in [4.78, 5) is 0. The predicted octanol–water partition coefficient (Wildman–Crippen LogP) is 3.50. The first-order chi connectivity index (χ1) is 8.29. The van der Waals surface area contributed by atoms with Crippen molar-refractivity contribution in [3.05, 3.63) is 35.9 Å². The maximum atomic E-state index is 3.37. The van der Waals surface area contributed by atoms with Crippen molar-refractivity contribution in [3.63, 3.8) is 0 Å². The Morgan fingerprint density at radius 3 is 2.59 bits per heavy atom. The molecule has 0 radical (unpaired) electrons. The van der Waals surface area contributed by atoms with Gasteiger partial charge in [0, 0.05) is 0 Å². The van der Waals surface area contributed by atoms with Crippen LogP contribution in [0, 0.1) is 17.8 Å². The second kappa shape index (κ2) is 6.20. The molecule has 3 unspecified atom stereocenters. The fourth-order valence-corrected chi connectivity index (χ4v) is 3.26. The van der Waals surface area contributed by atoms with Gasteiger partial charge in [-0.25, -0.2) is 0 Å². The highest BCUT2D eigenvalue weighted by Crippen LogP contribution is 2.35. The second-order valence-corrected chi connectivity index (χ2v) is 5.69. The third-order valence-electron chi connectivity index (χ3n) is 4.21. The molecule has 1 aromatic carbocycles. The van der Waals surface area contributed by atoms with E-state index in [0.29, 0.717) is 0 Å². The molecule has 1 heteroatoms. The van der Waals surface area contributed by atoms with Crippen LogP contribution >= 0.6 is 0 Å². The SMILES string of the molecule is CNCC1CCC(C)CC1Cc1ccccc1. The average molecular weight is 231 g/mol. The van der Waals surface area contributed by atoms with Crippen molar-refractivity contribution in [2.45, 2.75) is 32.6 Å². The predicted molar refractivity (Wildman–Crippen MR) is 74.1 cm³/mol. The van der Waals surface area contributed by atoms with Gasteiger partial charge < -0.3 is 5.32 Å². The van der Waals surface area contributed by atoms with Crippen molar-refractivity contribution >= 4 is 0 Å². The zero-order valence-electron chi connectivity index (χ0n) is 11.2. The molecule has 2 rings (SSSR count). The van der Waals surface area contributed by atoms with Gasteiger partial charge in [-0.2, -0.15) is 0 Å². The molecule has 0 heterocycles. The Morgan fingerprint density at radius 1 is 1.12 bits per heavy atom. The standard InChI is InChI=1S/C16H25N/c1-13-8-9-15(12-17-2)16(10-13)11-14-6-4-3-5-7-14/h3-7,13,15-17H,8-12H2,1-2H3. The van der Waals surface area contributed by atoms with E-state index in [2.05, 4.69) is 49.6 Å². The Morgan fingerprint density at radius 2 is 1.88 bits per heavy atom. The van der Waals surface area contributed by atoms with E-state index >= 15 is 0 Å². The Bertz CT molecular complexity index is 320. The molecule has 1 nitrogen and oxygen atoms in total. The van der Waals surface area contributed by atoms with E-state index < -0.39 is 0 Å². The average Bonchev–Trinajstić information content (AvgIpc) is 2.34. The van der Waals surface area contributed by atoms with Crippen molar-refractivity contribution in [1.29, 1.82) is 0 Å². The van der Waals surface area contributed by atoms with Gasteiger partial charge in [0.05, 0.1) is 0 Å². The van der Waals surface area contributed by atoms with Gasteiger partial charge in [0.25, 0.3) is 0 Å². The maximum Gasteiger partial charge on any atom is -0.00208 e. The van der Waals surface area contributed by atoms with Gasteiger partial charge in [0.2, 0.25) is 0 Å². The van der Waals surface area contributed by atoms with E-state index in [1.165, 1.54) is 37.8 Å². The molecule has 1 aliphatic rings. The highest BCUT2D eigenvalue weighted by atomic mass is 14.8. The molecule has 0 spiro atoms. The molecule has 1 aromatic rings. The quantitative estimate of drug-likeness (QED) is 0.836. The molecular formula is C16H25N. The van der Waals surface area contributed by atoms with Crippen LogP contribution in [0.15, 0.2) is 30.3 Å². The van der Waals surface area contributed by atoms with Crippen LogP contribution in [-0.2, 0) is 6.42 Å². The van der Waals surface area contributed by atoms with Crippen molar-refractivity contribution in [2.24, 2.45) is 17.8 Å². The van der Waals surface area contributed by atoms with Crippen LogP contribution in [-0.4, -0.2) is 13.6 Å². The summed E-state index contributed by atoms with van der Waals surface area (Å²) >= 11 is 0. The fraction of sp³-hybridized carbons (Fsp3) is 0.625. The highest BCUT2D eigenvalue weighted by Gasteiger charge is 2.27. The monoisotopic (exact) mass is 231 g/mol. The highest BCUT2D eigenvalue weighted by molar-refractivity contribution is 5.15. The molecule has 1 fully saturated rings. The van der Waals surface area contributed by atoms with E-state index in [1.807, 2.05) is 0 Å². The van der Waals surface area contributed by atoms with Gasteiger partial charge in [0.15, 0.2) is 0 Å². The van der Waals surface area contributed by atoms with Crippen molar-refractivity contribution in [2.75, 3.05) is 13.6 Å². The molecule has 0 amide bonds. The lowest BCUT2D eigenvalue weighted by molar-refractivity contribution is 0.186. The minimum atomic E-state index is 0.869. The van der Waals surface area contributed by atoms with E-state index in [4.69, 9.17) is 0 Å². The maximum absolute atomic E-state index is 3.37. The molecule has 17 heavy (non-hydrogen) atoms. The van der Waals surface area contributed by atoms with E-state index in [-0.39, 0.29) is 0 Å². The minimum Gasteiger partial charge on any atom is -0.319 e. The summed E-state index contributed by atoms with van der Waals surface area (Å²) in [6.07, 6.45) is 5.48. The van der Waals surface area contributed by atoms with Gasteiger partial charge in [-0.05, 0) is 56.2 Å². The first kappa shape index (κ1) is 12.6. The summed E-state index contributed by atoms with van der Waals surface area (Å²) in [5.41, 5.74) is 1.51. The molecule has 0 aliphatic heterocycles. The van der Waals surface area contributed by atoms with Gasteiger partial charge in [-0.3, -0.25) is 0 Å². The second-order valence-electron chi connectivity index (χ2n) is 5.69. The molecule has 94 valence electrons. The largest absolute Gasteiger partial charge is 0.319 e. The van der Waals surface area contributed by atoms with E-state index in [9.17, 15) is 0 Å². The summed E-state index contributed by atoms with van der Waals surface area (Å²) in [6.45, 7) is 3.60. The van der Waals surface area contributed by atoms with Crippen LogP contribution in [0.5, 0.6) is 0 Å². The van der Waals surface area contributed by atoms with Crippen molar-refractivity contribution in [3.8, 4) is 0 Å². The number of hydrogen-bond donors (Lipinski definition) is 1. The van der Waals surface area contributed by atoms with Crippen LogP contribution in [0.3, 0.4) is 0 Å². The summed E-state index contributed by atoms with van der Waals surface area (Å²) in [5.74, 6) is 2.65. The summed E-state index contributed by atoms with van der Waals surface area (Å²) in [7, 11) is 2.08. The lowest BCUT2D eigenvalue weighted by Crippen LogP contribution is -2.32. The normalized spacial score (nSPS) is 29.2. The zero-order chi connectivity index (χ0) is 12.1. The lowest BCUT2D eigenvalue weighted by atomic mass is 9.72. The number of benzene rings is 1. The third-order valence-corrected chi connectivity index (χ3v) is 4.21. The molecule has 0 saturated heterocycles. The lowest BCUT2D eigenvalue weighted by Gasteiger charge is -2.35. The molecule has 1 aliphatic carbocycles. The van der Waals surface area contributed by atoms with Gasteiger partial charge >= 0.3 is 0 Å². The molecule has 0 aromatic heterocycles. The summed E-state index contributed by atoms with van der Waals surface area (Å²) in [6, 6.07) is 11.0. The van der Waals surface area contributed by atoms with E-state index in [0.717, 1.165) is 17.8 Å². The molecule has 1 N–H and O–H groups in total. The molecule has 3 atom stereocenters.